The zero-order valence-corrected chi connectivity index (χ0v) is 11.0. The first-order valence-corrected chi connectivity index (χ1v) is 6.40. The Hall–Kier alpha value is -0.980. The van der Waals surface area contributed by atoms with Crippen molar-refractivity contribution in [2.75, 3.05) is 6.61 Å². The van der Waals surface area contributed by atoms with E-state index in [0.717, 1.165) is 12.4 Å². The minimum absolute atomic E-state index is 0.566. The molecule has 0 radical (unpaired) electrons. The van der Waals surface area contributed by atoms with Gasteiger partial charge in [-0.15, -0.1) is 0 Å². The topological polar surface area (TPSA) is 9.23 Å². The van der Waals surface area contributed by atoms with Gasteiger partial charge in [-0.1, -0.05) is 52.7 Å². The number of hydrogen-bond acceptors (Lipinski definition) is 1. The van der Waals surface area contributed by atoms with Crippen molar-refractivity contribution in [3.8, 4) is 5.75 Å². The summed E-state index contributed by atoms with van der Waals surface area (Å²) in [6.45, 7) is 9.71. The molecule has 0 N–H and O–H groups in total. The summed E-state index contributed by atoms with van der Waals surface area (Å²) >= 11 is 0. The molecule has 0 unspecified atom stereocenters. The minimum Gasteiger partial charge on any atom is -0.493 e. The molecule has 0 atom stereocenters. The molecule has 1 nitrogen and oxygen atoms in total. The normalized spacial score (nSPS) is 11.1. The molecule has 0 aromatic heterocycles. The Bertz CT molecular complexity index is 300. The summed E-state index contributed by atoms with van der Waals surface area (Å²) in [6, 6.07) is 8.45. The van der Waals surface area contributed by atoms with Gasteiger partial charge in [0.1, 0.15) is 5.75 Å². The van der Waals surface area contributed by atoms with E-state index in [1.807, 2.05) is 6.07 Å². The van der Waals surface area contributed by atoms with E-state index in [1.165, 1.54) is 18.4 Å². The van der Waals surface area contributed by atoms with E-state index in [2.05, 4.69) is 45.9 Å². The van der Waals surface area contributed by atoms with Gasteiger partial charge in [0.15, 0.2) is 0 Å². The van der Waals surface area contributed by atoms with Gasteiger partial charge >= 0.3 is 0 Å². The van der Waals surface area contributed by atoms with Crippen LogP contribution in [0, 0.1) is 5.92 Å². The predicted molar refractivity (Wildman–Crippen MR) is 70.1 cm³/mol. The number of benzene rings is 1. The zero-order valence-electron chi connectivity index (χ0n) is 11.0. The van der Waals surface area contributed by atoms with Crippen molar-refractivity contribution in [2.24, 2.45) is 5.92 Å². The minimum atomic E-state index is 0.566. The second-order valence-electron chi connectivity index (χ2n) is 4.72. The maximum Gasteiger partial charge on any atom is 0.119 e. The van der Waals surface area contributed by atoms with Crippen LogP contribution in [0.4, 0.5) is 0 Å². The van der Waals surface area contributed by atoms with Crippen LogP contribution in [0.2, 0.25) is 0 Å². The lowest BCUT2D eigenvalue weighted by Gasteiger charge is -2.15. The Balaban J connectivity index is 2.56. The highest BCUT2D eigenvalue weighted by Crippen LogP contribution is 2.21. The molecule has 1 rings (SSSR count). The Morgan fingerprint density at radius 3 is 2.38 bits per heavy atom. The summed E-state index contributed by atoms with van der Waals surface area (Å²) in [7, 11) is 0. The third-order valence-corrected chi connectivity index (χ3v) is 3.17. The van der Waals surface area contributed by atoms with E-state index in [4.69, 9.17) is 4.74 Å². The second kappa shape index (κ2) is 6.57. The highest BCUT2D eigenvalue weighted by atomic mass is 16.5. The van der Waals surface area contributed by atoms with Crippen LogP contribution in [-0.2, 0) is 0 Å². The molecular weight excluding hydrogens is 196 g/mol. The first kappa shape index (κ1) is 13.1. The Kier molecular flexibility index (Phi) is 5.37. The maximum atomic E-state index is 5.84. The quantitative estimate of drug-likeness (QED) is 0.679. The predicted octanol–water partition coefficient (Wildman–Crippen LogP) is 4.63. The van der Waals surface area contributed by atoms with Gasteiger partial charge in [0.25, 0.3) is 0 Å². The Labute approximate surface area is 99.8 Å². The van der Waals surface area contributed by atoms with Crippen molar-refractivity contribution in [3.63, 3.8) is 0 Å². The fourth-order valence-corrected chi connectivity index (χ4v) is 1.70. The van der Waals surface area contributed by atoms with Gasteiger partial charge in [0.2, 0.25) is 0 Å². The lowest BCUT2D eigenvalue weighted by atomic mass is 10.0. The average molecular weight is 220 g/mol. The smallest absolute Gasteiger partial charge is 0.119 e. The van der Waals surface area contributed by atoms with Gasteiger partial charge in [0, 0.05) is 0 Å². The molecule has 0 aliphatic heterocycles. The molecule has 1 heteroatoms. The number of hydrogen-bond donors (Lipinski definition) is 0. The largest absolute Gasteiger partial charge is 0.493 e. The highest BCUT2D eigenvalue weighted by Gasteiger charge is 2.05. The van der Waals surface area contributed by atoms with E-state index >= 15 is 0 Å². The van der Waals surface area contributed by atoms with Gasteiger partial charge in [-0.05, 0) is 29.5 Å². The summed E-state index contributed by atoms with van der Waals surface area (Å²) in [4.78, 5) is 0. The fourth-order valence-electron chi connectivity index (χ4n) is 1.70. The van der Waals surface area contributed by atoms with Crippen LogP contribution in [0.3, 0.4) is 0 Å². The maximum absolute atomic E-state index is 5.84. The lowest BCUT2D eigenvalue weighted by molar-refractivity contribution is 0.240. The van der Waals surface area contributed by atoms with E-state index < -0.39 is 0 Å². The molecule has 1 aromatic carbocycles. The van der Waals surface area contributed by atoms with E-state index in [1.54, 1.807) is 0 Å². The third-order valence-electron chi connectivity index (χ3n) is 3.17. The molecule has 1 aromatic rings. The second-order valence-corrected chi connectivity index (χ2v) is 4.72. The monoisotopic (exact) mass is 220 g/mol. The molecule has 0 saturated carbocycles. The molecule has 0 fully saturated rings. The molecule has 0 heterocycles. The molecule has 0 aliphatic carbocycles. The summed E-state index contributed by atoms with van der Waals surface area (Å²) in [6.07, 6.45) is 2.39. The van der Waals surface area contributed by atoms with E-state index in [-0.39, 0.29) is 0 Å². The van der Waals surface area contributed by atoms with Crippen LogP contribution in [0.15, 0.2) is 24.3 Å². The summed E-state index contributed by atoms with van der Waals surface area (Å²) in [5.74, 6) is 2.26. The van der Waals surface area contributed by atoms with Crippen LogP contribution >= 0.6 is 0 Å². The SMILES string of the molecule is CCC(CC)COc1cccc(C(C)C)c1. The third kappa shape index (κ3) is 3.88. The van der Waals surface area contributed by atoms with Crippen molar-refractivity contribution >= 4 is 0 Å². The van der Waals surface area contributed by atoms with Crippen molar-refractivity contribution < 1.29 is 4.74 Å². The van der Waals surface area contributed by atoms with Gasteiger partial charge < -0.3 is 4.74 Å². The molecule has 0 saturated heterocycles. The van der Waals surface area contributed by atoms with Crippen LogP contribution in [0.1, 0.15) is 52.0 Å². The fraction of sp³-hybridized carbons (Fsp3) is 0.600. The van der Waals surface area contributed by atoms with Crippen molar-refractivity contribution in [2.45, 2.75) is 46.5 Å². The summed E-state index contributed by atoms with van der Waals surface area (Å²) in [5, 5.41) is 0. The number of ether oxygens (including phenoxy) is 1. The van der Waals surface area contributed by atoms with Crippen LogP contribution in [0.25, 0.3) is 0 Å². The van der Waals surface area contributed by atoms with Gasteiger partial charge in [-0.3, -0.25) is 0 Å². The van der Waals surface area contributed by atoms with Gasteiger partial charge in [-0.2, -0.15) is 0 Å². The zero-order chi connectivity index (χ0) is 12.0. The van der Waals surface area contributed by atoms with E-state index in [9.17, 15) is 0 Å². The molecule has 0 spiro atoms. The van der Waals surface area contributed by atoms with Crippen LogP contribution in [-0.4, -0.2) is 6.61 Å². The van der Waals surface area contributed by atoms with Gasteiger partial charge in [-0.25, -0.2) is 0 Å². The van der Waals surface area contributed by atoms with Crippen LogP contribution < -0.4 is 4.74 Å². The van der Waals surface area contributed by atoms with Crippen molar-refractivity contribution in [3.05, 3.63) is 29.8 Å². The molecule has 16 heavy (non-hydrogen) atoms. The first-order chi connectivity index (χ1) is 7.67. The van der Waals surface area contributed by atoms with Crippen molar-refractivity contribution in [1.29, 1.82) is 0 Å². The molecular formula is C15H24O. The van der Waals surface area contributed by atoms with Gasteiger partial charge in [0.05, 0.1) is 6.61 Å². The highest BCUT2D eigenvalue weighted by molar-refractivity contribution is 5.30. The van der Waals surface area contributed by atoms with Crippen molar-refractivity contribution in [1.82, 2.24) is 0 Å². The molecule has 0 amide bonds. The lowest BCUT2D eigenvalue weighted by Crippen LogP contribution is -2.10. The molecule has 90 valence electrons. The average Bonchev–Trinajstić information content (AvgIpc) is 2.31. The van der Waals surface area contributed by atoms with E-state index in [0.29, 0.717) is 11.8 Å². The Morgan fingerprint density at radius 1 is 1.12 bits per heavy atom. The summed E-state index contributed by atoms with van der Waals surface area (Å²) in [5.41, 5.74) is 1.35. The van der Waals surface area contributed by atoms with Crippen LogP contribution in [0.5, 0.6) is 5.75 Å². The molecule has 0 aliphatic rings. The first-order valence-electron chi connectivity index (χ1n) is 6.40. The summed E-state index contributed by atoms with van der Waals surface area (Å²) < 4.78 is 5.84. The Morgan fingerprint density at radius 2 is 1.81 bits per heavy atom. The standard InChI is InChI=1S/C15H24O/c1-5-13(6-2)11-16-15-9-7-8-14(10-15)12(3)4/h7-10,12-13H,5-6,11H2,1-4H3. The number of rotatable bonds is 6. The molecule has 0 bridgehead atoms.